The third-order valence-electron chi connectivity index (χ3n) is 5.85. The summed E-state index contributed by atoms with van der Waals surface area (Å²) >= 11 is 2.14. The maximum Gasteiger partial charge on any atom is 0.299 e. The topological polar surface area (TPSA) is 149 Å². The summed E-state index contributed by atoms with van der Waals surface area (Å²) in [7, 11) is 0. The molecule has 1 aliphatic rings. The van der Waals surface area contributed by atoms with Crippen molar-refractivity contribution in [1.82, 2.24) is 19.5 Å². The van der Waals surface area contributed by atoms with Crippen LogP contribution in [0.5, 0.6) is 0 Å². The number of pyridine rings is 1. The Bertz CT molecular complexity index is 1390. The van der Waals surface area contributed by atoms with Gasteiger partial charge < -0.3 is 21.8 Å². The van der Waals surface area contributed by atoms with E-state index in [1.807, 2.05) is 6.07 Å². The van der Waals surface area contributed by atoms with E-state index in [1.165, 1.54) is 0 Å². The summed E-state index contributed by atoms with van der Waals surface area (Å²) in [6, 6.07) is 9.72. The lowest BCUT2D eigenvalue weighted by molar-refractivity contribution is -0.129. The summed E-state index contributed by atoms with van der Waals surface area (Å²) < 4.78 is 2.11. The molecule has 0 spiro atoms. The molecule has 3 heterocycles. The second-order valence-corrected chi connectivity index (χ2v) is 9.42. The molecule has 2 aromatic heterocycles. The average molecular weight is 597 g/mol. The highest BCUT2D eigenvalue weighted by Crippen LogP contribution is 2.33. The summed E-state index contributed by atoms with van der Waals surface area (Å²) in [5.41, 5.74) is 6.91. The molecule has 1 fully saturated rings. The van der Waals surface area contributed by atoms with E-state index in [-0.39, 0.29) is 23.2 Å². The second-order valence-electron chi connectivity index (χ2n) is 8.18. The molecule has 11 heteroatoms. The number of primary amides is 1. The van der Waals surface area contributed by atoms with Crippen molar-refractivity contribution in [2.45, 2.75) is 32.2 Å². The molecule has 0 bridgehead atoms. The number of carbonyl (C=O) groups is 3. The Morgan fingerprint density at radius 1 is 1.17 bits per heavy atom. The fraction of sp³-hybridized carbons (Fsp3) is 0.240. The first-order valence-corrected chi connectivity index (χ1v) is 12.3. The van der Waals surface area contributed by atoms with E-state index in [0.29, 0.717) is 35.7 Å². The fourth-order valence-electron chi connectivity index (χ4n) is 4.18. The number of nitrogens with one attached hydrogen (secondary N) is 1. The predicted octanol–water partition coefficient (Wildman–Crippen LogP) is 2.69. The van der Waals surface area contributed by atoms with Crippen molar-refractivity contribution in [2.75, 3.05) is 17.7 Å². The Balaban J connectivity index is 1.65. The van der Waals surface area contributed by atoms with Gasteiger partial charge in [-0.15, -0.1) is 0 Å². The lowest BCUT2D eigenvalue weighted by Crippen LogP contribution is -2.40. The first kappa shape index (κ1) is 25.2. The molecule has 1 saturated heterocycles. The number of rotatable bonds is 5. The summed E-state index contributed by atoms with van der Waals surface area (Å²) in [4.78, 5) is 48.0. The number of anilines is 1. The Morgan fingerprint density at radius 3 is 2.58 bits per heavy atom. The van der Waals surface area contributed by atoms with Gasteiger partial charge in [0, 0.05) is 27.4 Å². The molecule has 1 aromatic carbocycles. The van der Waals surface area contributed by atoms with Crippen molar-refractivity contribution in [1.29, 1.82) is 0 Å². The van der Waals surface area contributed by atoms with Gasteiger partial charge in [0.2, 0.25) is 0 Å². The van der Waals surface area contributed by atoms with E-state index in [9.17, 15) is 14.4 Å². The molecule has 1 unspecified atom stereocenters. The smallest absolute Gasteiger partial charge is 0.299 e. The SMILES string of the molecule is CC#CC(=O)N1CCCCC1c1nc(-c2ccc(C(=O)Nc3cc(I)ccn3)cc2)c(C(N)=O)n1N. The van der Waals surface area contributed by atoms with Crippen LogP contribution in [0.15, 0.2) is 42.6 Å². The highest BCUT2D eigenvalue weighted by Gasteiger charge is 2.33. The van der Waals surface area contributed by atoms with Gasteiger partial charge in [-0.2, -0.15) is 0 Å². The van der Waals surface area contributed by atoms with Gasteiger partial charge in [-0.3, -0.25) is 14.4 Å². The number of hydrogen-bond donors (Lipinski definition) is 3. The largest absolute Gasteiger partial charge is 0.364 e. The number of halogens is 1. The number of imidazole rings is 1. The van der Waals surface area contributed by atoms with Crippen LogP contribution in [0.1, 0.15) is 58.9 Å². The van der Waals surface area contributed by atoms with Crippen LogP contribution in [0.2, 0.25) is 0 Å². The molecule has 1 aliphatic heterocycles. The molecule has 0 saturated carbocycles. The molecule has 3 aromatic rings. The Labute approximate surface area is 221 Å². The standard InChI is InChI=1S/C25H24IN7O3/c1-2-5-20(34)32-13-4-3-6-18(32)24-31-21(22(23(27)35)33(24)28)15-7-9-16(10-8-15)25(36)30-19-14-17(26)11-12-29-19/h7-12,14,18H,3-4,6,13,28H2,1H3,(H2,27,35)(H,29,30,36). The molecule has 0 aliphatic carbocycles. The molecule has 3 amide bonds. The van der Waals surface area contributed by atoms with Crippen LogP contribution in [0.4, 0.5) is 5.82 Å². The van der Waals surface area contributed by atoms with Crippen molar-refractivity contribution >= 4 is 46.1 Å². The molecule has 10 nitrogen and oxygen atoms in total. The Kier molecular flexibility index (Phi) is 7.54. The predicted molar refractivity (Wildman–Crippen MR) is 143 cm³/mol. The minimum Gasteiger partial charge on any atom is -0.364 e. The number of nitrogens with zero attached hydrogens (tertiary/aromatic N) is 4. The molecule has 36 heavy (non-hydrogen) atoms. The van der Waals surface area contributed by atoms with Crippen LogP contribution >= 0.6 is 22.6 Å². The van der Waals surface area contributed by atoms with Crippen LogP contribution in [0.25, 0.3) is 11.3 Å². The lowest BCUT2D eigenvalue weighted by atomic mass is 10.0. The van der Waals surface area contributed by atoms with Gasteiger partial charge in [0.1, 0.15) is 11.5 Å². The van der Waals surface area contributed by atoms with Crippen LogP contribution in [-0.4, -0.2) is 43.8 Å². The van der Waals surface area contributed by atoms with E-state index in [2.05, 4.69) is 49.7 Å². The highest BCUT2D eigenvalue weighted by molar-refractivity contribution is 14.1. The monoisotopic (exact) mass is 597 g/mol. The molecular weight excluding hydrogens is 573 g/mol. The van der Waals surface area contributed by atoms with Gasteiger partial charge >= 0.3 is 0 Å². The van der Waals surface area contributed by atoms with Crippen LogP contribution < -0.4 is 16.9 Å². The van der Waals surface area contributed by atoms with Crippen molar-refractivity contribution in [3.8, 4) is 23.1 Å². The number of piperidine rings is 1. The zero-order chi connectivity index (χ0) is 25.8. The van der Waals surface area contributed by atoms with E-state index in [0.717, 1.165) is 21.1 Å². The van der Waals surface area contributed by atoms with E-state index in [4.69, 9.17) is 11.6 Å². The fourth-order valence-corrected chi connectivity index (χ4v) is 4.64. The third kappa shape index (κ3) is 5.18. The third-order valence-corrected chi connectivity index (χ3v) is 6.52. The first-order chi connectivity index (χ1) is 17.3. The van der Waals surface area contributed by atoms with Gasteiger partial charge in [0.25, 0.3) is 17.7 Å². The number of amides is 3. The van der Waals surface area contributed by atoms with E-state index >= 15 is 0 Å². The molecule has 0 radical (unpaired) electrons. The number of likely N-dealkylation sites (tertiary alicyclic amines) is 1. The summed E-state index contributed by atoms with van der Waals surface area (Å²) in [5, 5.41) is 2.75. The van der Waals surface area contributed by atoms with E-state index in [1.54, 1.807) is 48.4 Å². The van der Waals surface area contributed by atoms with Crippen molar-refractivity contribution in [3.63, 3.8) is 0 Å². The number of aromatic nitrogens is 3. The van der Waals surface area contributed by atoms with Crippen LogP contribution in [0, 0.1) is 15.4 Å². The normalized spacial score (nSPS) is 15.1. The molecule has 4 rings (SSSR count). The van der Waals surface area contributed by atoms with Crippen LogP contribution in [-0.2, 0) is 4.79 Å². The maximum atomic E-state index is 12.7. The Hall–Kier alpha value is -3.92. The van der Waals surface area contributed by atoms with E-state index < -0.39 is 11.9 Å². The second kappa shape index (κ2) is 10.8. The number of carbonyl (C=O) groups excluding carboxylic acids is 3. The quantitative estimate of drug-likeness (QED) is 0.234. The number of hydrogen-bond acceptors (Lipinski definition) is 6. The van der Waals surface area contributed by atoms with Gasteiger partial charge in [0.15, 0.2) is 11.5 Å². The summed E-state index contributed by atoms with van der Waals surface area (Å²) in [6.07, 6.45) is 3.97. The number of benzene rings is 1. The zero-order valence-electron chi connectivity index (χ0n) is 19.5. The molecule has 5 N–H and O–H groups in total. The van der Waals surface area contributed by atoms with Gasteiger partial charge in [-0.25, -0.2) is 14.6 Å². The molecule has 184 valence electrons. The minimum absolute atomic E-state index is 0.0183. The highest BCUT2D eigenvalue weighted by atomic mass is 127. The molecule has 1 atom stereocenters. The number of nitrogen functional groups attached to an aromatic ring is 1. The van der Waals surface area contributed by atoms with Gasteiger partial charge in [-0.05, 0) is 79.0 Å². The summed E-state index contributed by atoms with van der Waals surface area (Å²) in [5.74, 6) is 10.9. The van der Waals surface area contributed by atoms with Crippen molar-refractivity contribution in [3.05, 3.63) is 63.2 Å². The minimum atomic E-state index is -0.750. The van der Waals surface area contributed by atoms with Crippen LogP contribution in [0.3, 0.4) is 0 Å². The summed E-state index contributed by atoms with van der Waals surface area (Å²) in [6.45, 7) is 2.12. The van der Waals surface area contributed by atoms with Crippen molar-refractivity contribution in [2.24, 2.45) is 5.73 Å². The zero-order valence-corrected chi connectivity index (χ0v) is 21.7. The number of nitrogens with two attached hydrogens (primary N) is 2. The Morgan fingerprint density at radius 2 is 1.92 bits per heavy atom. The molecular formula is C25H24IN7O3. The van der Waals surface area contributed by atoms with Crippen molar-refractivity contribution < 1.29 is 14.4 Å². The van der Waals surface area contributed by atoms with Gasteiger partial charge in [0.05, 0.1) is 6.04 Å². The maximum absolute atomic E-state index is 12.7. The first-order valence-electron chi connectivity index (χ1n) is 11.2. The lowest BCUT2D eigenvalue weighted by Gasteiger charge is -2.33. The van der Waals surface area contributed by atoms with Gasteiger partial charge in [-0.1, -0.05) is 18.1 Å². The average Bonchev–Trinajstić information content (AvgIpc) is 3.21.